The Kier molecular flexibility index (Phi) is 3.56. The van der Waals surface area contributed by atoms with E-state index in [1.807, 2.05) is 11.4 Å². The SMILES string of the molecule is OCc1cc(Nc2nc(SCl)nc3sccc23)n[nH]1. The molecule has 0 aliphatic heterocycles. The molecule has 0 unspecified atom stereocenters. The summed E-state index contributed by atoms with van der Waals surface area (Å²) in [7, 11) is 6.68. The second kappa shape index (κ2) is 5.33. The Morgan fingerprint density at radius 2 is 2.37 bits per heavy atom. The number of nitrogens with one attached hydrogen (secondary N) is 2. The molecule has 3 aromatic heterocycles. The minimum atomic E-state index is -0.0882. The molecule has 3 heterocycles. The molecule has 19 heavy (non-hydrogen) atoms. The zero-order chi connectivity index (χ0) is 13.2. The third-order valence-electron chi connectivity index (χ3n) is 2.42. The van der Waals surface area contributed by atoms with Crippen LogP contribution in [0.1, 0.15) is 5.69 Å². The van der Waals surface area contributed by atoms with E-state index in [1.54, 1.807) is 6.07 Å². The van der Waals surface area contributed by atoms with Gasteiger partial charge in [-0.3, -0.25) is 5.10 Å². The van der Waals surface area contributed by atoms with Crippen molar-refractivity contribution in [2.24, 2.45) is 0 Å². The second-order valence-corrected chi connectivity index (χ2v) is 5.51. The normalized spacial score (nSPS) is 11.1. The van der Waals surface area contributed by atoms with Crippen LogP contribution in [0.15, 0.2) is 22.7 Å². The Labute approximate surface area is 120 Å². The molecule has 0 bridgehead atoms. The summed E-state index contributed by atoms with van der Waals surface area (Å²) in [6, 6.07) is 3.65. The lowest BCUT2D eigenvalue weighted by atomic mass is 10.3. The van der Waals surface area contributed by atoms with Crippen LogP contribution in [-0.2, 0) is 6.61 Å². The van der Waals surface area contributed by atoms with E-state index >= 15 is 0 Å². The molecular weight excluding hydrogens is 306 g/mol. The summed E-state index contributed by atoms with van der Waals surface area (Å²) in [6.45, 7) is -0.0882. The van der Waals surface area contributed by atoms with Crippen LogP contribution in [0.2, 0.25) is 0 Å². The van der Waals surface area contributed by atoms with Crippen LogP contribution in [-0.4, -0.2) is 25.3 Å². The molecule has 0 spiro atoms. The van der Waals surface area contributed by atoms with Gasteiger partial charge in [0.05, 0.1) is 17.7 Å². The first-order chi connectivity index (χ1) is 9.30. The first kappa shape index (κ1) is 12.7. The van der Waals surface area contributed by atoms with E-state index in [0.717, 1.165) is 21.2 Å². The first-order valence-corrected chi connectivity index (χ1v) is 7.78. The predicted molar refractivity (Wildman–Crippen MR) is 76.9 cm³/mol. The minimum Gasteiger partial charge on any atom is -0.390 e. The van der Waals surface area contributed by atoms with Crippen molar-refractivity contribution in [3.8, 4) is 0 Å². The lowest BCUT2D eigenvalue weighted by molar-refractivity contribution is 0.276. The number of H-pyrrole nitrogens is 1. The zero-order valence-corrected chi connectivity index (χ0v) is 11.8. The van der Waals surface area contributed by atoms with E-state index in [2.05, 4.69) is 25.5 Å². The summed E-state index contributed by atoms with van der Waals surface area (Å²) in [5.74, 6) is 1.23. The van der Waals surface area contributed by atoms with Crippen LogP contribution in [0.3, 0.4) is 0 Å². The number of hydrogen-bond donors (Lipinski definition) is 3. The first-order valence-electron chi connectivity index (χ1n) is 5.26. The number of hydrogen-bond acceptors (Lipinski definition) is 7. The summed E-state index contributed by atoms with van der Waals surface area (Å²) in [5.41, 5.74) is 0.630. The summed E-state index contributed by atoms with van der Waals surface area (Å²) < 4.78 is 0. The van der Waals surface area contributed by atoms with E-state index in [-0.39, 0.29) is 6.61 Å². The zero-order valence-electron chi connectivity index (χ0n) is 9.42. The van der Waals surface area contributed by atoms with Gasteiger partial charge >= 0.3 is 0 Å². The van der Waals surface area contributed by atoms with Crippen LogP contribution in [0.25, 0.3) is 10.2 Å². The lowest BCUT2D eigenvalue weighted by Crippen LogP contribution is -1.96. The van der Waals surface area contributed by atoms with Gasteiger partial charge in [-0.1, -0.05) is 0 Å². The van der Waals surface area contributed by atoms with Crippen molar-refractivity contribution in [2.75, 3.05) is 5.32 Å². The second-order valence-electron chi connectivity index (χ2n) is 3.63. The quantitative estimate of drug-likeness (QED) is 0.642. The molecule has 0 aromatic carbocycles. The summed E-state index contributed by atoms with van der Waals surface area (Å²) in [6.07, 6.45) is 0. The fraction of sp³-hybridized carbons (Fsp3) is 0.100. The fourth-order valence-electron chi connectivity index (χ4n) is 1.59. The van der Waals surface area contributed by atoms with Crippen molar-refractivity contribution in [2.45, 2.75) is 11.8 Å². The highest BCUT2D eigenvalue weighted by molar-refractivity contribution is 8.21. The number of fused-ring (bicyclic) bond motifs is 1. The van der Waals surface area contributed by atoms with Gasteiger partial charge in [-0.2, -0.15) is 5.10 Å². The third kappa shape index (κ3) is 2.52. The Balaban J connectivity index is 2.01. The number of aliphatic hydroxyl groups excluding tert-OH is 1. The average molecular weight is 314 g/mol. The molecule has 0 saturated heterocycles. The molecule has 3 N–H and O–H groups in total. The molecule has 98 valence electrons. The van der Waals surface area contributed by atoms with Crippen LogP contribution in [0.4, 0.5) is 11.6 Å². The molecule has 0 aliphatic carbocycles. The molecule has 0 amide bonds. The number of rotatable bonds is 4. The van der Waals surface area contributed by atoms with Crippen molar-refractivity contribution >= 4 is 54.8 Å². The van der Waals surface area contributed by atoms with E-state index in [1.165, 1.54) is 11.3 Å². The van der Waals surface area contributed by atoms with Gasteiger partial charge in [0.1, 0.15) is 10.6 Å². The highest BCUT2D eigenvalue weighted by atomic mass is 35.7. The van der Waals surface area contributed by atoms with Gasteiger partial charge in [-0.15, -0.1) is 11.3 Å². The maximum atomic E-state index is 8.99. The van der Waals surface area contributed by atoms with Crippen molar-refractivity contribution < 1.29 is 5.11 Å². The molecular formula is C10H8ClN5OS2. The van der Waals surface area contributed by atoms with E-state index in [4.69, 9.17) is 15.8 Å². The molecule has 0 radical (unpaired) electrons. The van der Waals surface area contributed by atoms with Crippen LogP contribution >= 0.6 is 33.0 Å². The Morgan fingerprint density at radius 1 is 1.47 bits per heavy atom. The van der Waals surface area contributed by atoms with Gasteiger partial charge in [0.25, 0.3) is 0 Å². The number of aromatic amines is 1. The van der Waals surface area contributed by atoms with Crippen LogP contribution in [0, 0.1) is 0 Å². The summed E-state index contributed by atoms with van der Waals surface area (Å²) in [5, 5.41) is 22.2. The minimum absolute atomic E-state index is 0.0882. The maximum Gasteiger partial charge on any atom is 0.206 e. The Bertz CT molecular complexity index is 713. The lowest BCUT2D eigenvalue weighted by Gasteiger charge is -2.04. The van der Waals surface area contributed by atoms with Crippen molar-refractivity contribution in [1.29, 1.82) is 0 Å². The average Bonchev–Trinajstić information content (AvgIpc) is 3.06. The highest BCUT2D eigenvalue weighted by Gasteiger charge is 2.10. The number of nitrogens with zero attached hydrogens (tertiary/aromatic N) is 3. The molecule has 9 heteroatoms. The van der Waals surface area contributed by atoms with Crippen molar-refractivity contribution in [3.05, 3.63) is 23.2 Å². The van der Waals surface area contributed by atoms with Crippen LogP contribution < -0.4 is 5.32 Å². The van der Waals surface area contributed by atoms with Crippen molar-refractivity contribution in [3.63, 3.8) is 0 Å². The summed E-state index contributed by atoms with van der Waals surface area (Å²) >= 11 is 1.52. The van der Waals surface area contributed by atoms with E-state index in [0.29, 0.717) is 22.5 Å². The standard InChI is InChI=1S/C10H8ClN5OS2/c11-19-10-13-8(6-1-2-18-9(6)14-10)12-7-3-5(4-17)15-16-7/h1-3,17H,4H2,(H2,12,13,14,15,16). The molecule has 6 nitrogen and oxygen atoms in total. The Morgan fingerprint density at radius 3 is 3.11 bits per heavy atom. The van der Waals surface area contributed by atoms with E-state index < -0.39 is 0 Å². The largest absolute Gasteiger partial charge is 0.390 e. The Hall–Kier alpha value is -1.35. The monoisotopic (exact) mass is 313 g/mol. The smallest absolute Gasteiger partial charge is 0.206 e. The highest BCUT2D eigenvalue weighted by Crippen LogP contribution is 2.30. The summed E-state index contributed by atoms with van der Waals surface area (Å²) in [4.78, 5) is 9.49. The number of aliphatic hydroxyl groups is 1. The molecule has 3 aromatic rings. The van der Waals surface area contributed by atoms with Gasteiger partial charge < -0.3 is 10.4 Å². The fourth-order valence-corrected chi connectivity index (χ4v) is 2.87. The van der Waals surface area contributed by atoms with Crippen molar-refractivity contribution in [1.82, 2.24) is 20.2 Å². The third-order valence-corrected chi connectivity index (χ3v) is 3.96. The number of aromatic nitrogens is 4. The van der Waals surface area contributed by atoms with E-state index in [9.17, 15) is 0 Å². The van der Waals surface area contributed by atoms with Crippen LogP contribution in [0.5, 0.6) is 0 Å². The van der Waals surface area contributed by atoms with Gasteiger partial charge in [-0.05, 0) is 22.1 Å². The number of halogens is 1. The van der Waals surface area contributed by atoms with Gasteiger partial charge in [0, 0.05) is 17.0 Å². The molecule has 0 saturated carbocycles. The van der Waals surface area contributed by atoms with Gasteiger partial charge in [0.15, 0.2) is 5.82 Å². The number of anilines is 2. The molecule has 0 aliphatic rings. The molecule has 0 fully saturated rings. The van der Waals surface area contributed by atoms with Gasteiger partial charge in [0.2, 0.25) is 5.16 Å². The maximum absolute atomic E-state index is 8.99. The number of thiophene rings is 1. The van der Waals surface area contributed by atoms with Gasteiger partial charge in [-0.25, -0.2) is 9.97 Å². The topological polar surface area (TPSA) is 86.7 Å². The molecule has 3 rings (SSSR count). The predicted octanol–water partition coefficient (Wildman–Crippen LogP) is 2.90. The molecule has 0 atom stereocenters.